The summed E-state index contributed by atoms with van der Waals surface area (Å²) in [6.45, 7) is 1.96. The third-order valence-corrected chi connectivity index (χ3v) is 5.87. The van der Waals surface area contributed by atoms with Crippen molar-refractivity contribution in [3.05, 3.63) is 65.4 Å². The molecule has 0 radical (unpaired) electrons. The molecule has 4 rings (SSSR count). The van der Waals surface area contributed by atoms with E-state index >= 15 is 0 Å². The lowest BCUT2D eigenvalue weighted by Gasteiger charge is -2.11. The van der Waals surface area contributed by atoms with Gasteiger partial charge in [0.1, 0.15) is 16.2 Å². The fraction of sp³-hybridized carbons (Fsp3) is 0.208. The molecular formula is C24H23N3O5S. The minimum absolute atomic E-state index is 0.0769. The smallest absolute Gasteiger partial charge is 0.341 e. The van der Waals surface area contributed by atoms with Crippen LogP contribution in [0, 0.1) is 0 Å². The van der Waals surface area contributed by atoms with Crippen molar-refractivity contribution < 1.29 is 23.8 Å². The number of hydrogen-bond acceptors (Lipinski definition) is 7. The lowest BCUT2D eigenvalue weighted by molar-refractivity contribution is -0.115. The molecule has 3 aromatic heterocycles. The first-order chi connectivity index (χ1) is 16.0. The largest absolute Gasteiger partial charge is 0.493 e. The SMILES string of the molecule is CCOC(=O)c1c(-c2ccc(OC)c(OC)c2)csc1NC(=O)Cc1cn2ccccc2n1. The Kier molecular flexibility index (Phi) is 6.60. The van der Waals surface area contributed by atoms with Crippen molar-refractivity contribution >= 4 is 33.9 Å². The van der Waals surface area contributed by atoms with Gasteiger partial charge in [-0.3, -0.25) is 4.79 Å². The number of esters is 1. The Balaban J connectivity index is 1.63. The van der Waals surface area contributed by atoms with Crippen molar-refractivity contribution in [2.45, 2.75) is 13.3 Å². The number of ether oxygens (including phenoxy) is 3. The van der Waals surface area contributed by atoms with Gasteiger partial charge in [-0.15, -0.1) is 11.3 Å². The molecule has 1 N–H and O–H groups in total. The predicted octanol–water partition coefficient (Wildman–Crippen LogP) is 4.44. The van der Waals surface area contributed by atoms with Crippen LogP contribution in [0.5, 0.6) is 11.5 Å². The van der Waals surface area contributed by atoms with Gasteiger partial charge < -0.3 is 23.9 Å². The van der Waals surface area contributed by atoms with Crippen LogP contribution in [-0.4, -0.2) is 42.1 Å². The number of nitrogens with one attached hydrogen (secondary N) is 1. The number of benzene rings is 1. The monoisotopic (exact) mass is 465 g/mol. The minimum Gasteiger partial charge on any atom is -0.493 e. The van der Waals surface area contributed by atoms with E-state index < -0.39 is 5.97 Å². The standard InChI is InChI=1S/C24H23N3O5S/c1-4-32-24(29)22-17(15-8-9-18(30-2)19(11-15)31-3)14-33-23(22)26-21(28)12-16-13-27-10-6-5-7-20(27)25-16/h5-11,13-14H,4,12H2,1-3H3,(H,26,28). The number of aromatic nitrogens is 2. The van der Waals surface area contributed by atoms with Crippen LogP contribution in [-0.2, 0) is 16.0 Å². The third-order valence-electron chi connectivity index (χ3n) is 4.97. The quantitative estimate of drug-likeness (QED) is 0.387. The summed E-state index contributed by atoms with van der Waals surface area (Å²) in [5, 5.41) is 5.09. The fourth-order valence-corrected chi connectivity index (χ4v) is 4.45. The van der Waals surface area contributed by atoms with E-state index in [1.54, 1.807) is 33.3 Å². The minimum atomic E-state index is -0.508. The van der Waals surface area contributed by atoms with Crippen molar-refractivity contribution in [1.29, 1.82) is 0 Å². The second kappa shape index (κ2) is 9.74. The molecule has 170 valence electrons. The Hall–Kier alpha value is -3.85. The van der Waals surface area contributed by atoms with E-state index in [0.717, 1.165) is 11.2 Å². The maximum atomic E-state index is 12.8. The van der Waals surface area contributed by atoms with Gasteiger partial charge >= 0.3 is 5.97 Å². The summed E-state index contributed by atoms with van der Waals surface area (Å²) in [7, 11) is 3.11. The summed E-state index contributed by atoms with van der Waals surface area (Å²) in [4.78, 5) is 30.1. The van der Waals surface area contributed by atoms with Crippen LogP contribution in [0.1, 0.15) is 23.0 Å². The Morgan fingerprint density at radius 2 is 1.94 bits per heavy atom. The molecule has 9 heteroatoms. The number of hydrogen-bond donors (Lipinski definition) is 1. The highest BCUT2D eigenvalue weighted by Gasteiger charge is 2.24. The Morgan fingerprint density at radius 1 is 1.12 bits per heavy atom. The van der Waals surface area contributed by atoms with Gasteiger partial charge in [0, 0.05) is 23.3 Å². The number of carbonyl (C=O) groups excluding carboxylic acids is 2. The summed E-state index contributed by atoms with van der Waals surface area (Å²) in [6.07, 6.45) is 3.76. The molecule has 0 saturated heterocycles. The summed E-state index contributed by atoms with van der Waals surface area (Å²) < 4.78 is 17.8. The van der Waals surface area contributed by atoms with Crippen LogP contribution < -0.4 is 14.8 Å². The van der Waals surface area contributed by atoms with E-state index in [1.165, 1.54) is 11.3 Å². The molecule has 0 spiro atoms. The maximum absolute atomic E-state index is 12.8. The normalized spacial score (nSPS) is 10.8. The average Bonchev–Trinajstić information content (AvgIpc) is 3.42. The van der Waals surface area contributed by atoms with E-state index in [4.69, 9.17) is 14.2 Å². The van der Waals surface area contributed by atoms with Crippen molar-refractivity contribution in [3.63, 3.8) is 0 Å². The number of fused-ring (bicyclic) bond motifs is 1. The summed E-state index contributed by atoms with van der Waals surface area (Å²) >= 11 is 1.26. The van der Waals surface area contributed by atoms with Gasteiger partial charge in [-0.05, 0) is 36.8 Å². The molecular weight excluding hydrogens is 442 g/mol. The number of nitrogens with zero attached hydrogens (tertiary/aromatic N) is 2. The van der Waals surface area contributed by atoms with E-state index in [-0.39, 0.29) is 18.9 Å². The van der Waals surface area contributed by atoms with Crippen molar-refractivity contribution in [2.24, 2.45) is 0 Å². The van der Waals surface area contributed by atoms with Crippen molar-refractivity contribution in [3.8, 4) is 22.6 Å². The number of imidazole rings is 1. The van der Waals surface area contributed by atoms with Crippen molar-refractivity contribution in [1.82, 2.24) is 9.38 Å². The first-order valence-electron chi connectivity index (χ1n) is 10.3. The summed E-state index contributed by atoms with van der Waals surface area (Å²) in [5.74, 6) is 0.333. The van der Waals surface area contributed by atoms with Crippen LogP contribution in [0.4, 0.5) is 5.00 Å². The molecule has 3 heterocycles. The zero-order valence-electron chi connectivity index (χ0n) is 18.5. The molecule has 1 aromatic carbocycles. The van der Waals surface area contributed by atoms with Gasteiger partial charge in [0.25, 0.3) is 0 Å². The van der Waals surface area contributed by atoms with Crippen LogP contribution >= 0.6 is 11.3 Å². The number of amides is 1. The lowest BCUT2D eigenvalue weighted by Crippen LogP contribution is -2.16. The third kappa shape index (κ3) is 4.68. The molecule has 33 heavy (non-hydrogen) atoms. The highest BCUT2D eigenvalue weighted by molar-refractivity contribution is 7.15. The topological polar surface area (TPSA) is 91.2 Å². The molecule has 0 aliphatic carbocycles. The first-order valence-corrected chi connectivity index (χ1v) is 11.2. The highest BCUT2D eigenvalue weighted by Crippen LogP contribution is 2.39. The molecule has 0 aliphatic heterocycles. The van der Waals surface area contributed by atoms with Crippen LogP contribution in [0.2, 0.25) is 0 Å². The number of rotatable bonds is 8. The predicted molar refractivity (Wildman–Crippen MR) is 126 cm³/mol. The maximum Gasteiger partial charge on any atom is 0.341 e. The Bertz CT molecular complexity index is 1280. The zero-order chi connectivity index (χ0) is 23.4. The van der Waals surface area contributed by atoms with E-state index in [1.807, 2.05) is 46.4 Å². The molecule has 0 fully saturated rings. The van der Waals surface area contributed by atoms with Crippen molar-refractivity contribution in [2.75, 3.05) is 26.1 Å². The van der Waals surface area contributed by atoms with Gasteiger partial charge in [-0.25, -0.2) is 9.78 Å². The summed E-state index contributed by atoms with van der Waals surface area (Å²) in [5.41, 5.74) is 3.08. The second-order valence-corrected chi connectivity index (χ2v) is 7.95. The zero-order valence-corrected chi connectivity index (χ0v) is 19.3. The van der Waals surface area contributed by atoms with Crippen LogP contribution in [0.15, 0.2) is 54.2 Å². The average molecular weight is 466 g/mol. The van der Waals surface area contributed by atoms with Crippen LogP contribution in [0.3, 0.4) is 0 Å². The number of anilines is 1. The van der Waals surface area contributed by atoms with Gasteiger partial charge in [-0.2, -0.15) is 0 Å². The number of carbonyl (C=O) groups is 2. The first kappa shape index (κ1) is 22.3. The Morgan fingerprint density at radius 3 is 2.67 bits per heavy atom. The summed E-state index contributed by atoms with van der Waals surface area (Å²) in [6, 6.07) is 11.0. The molecule has 0 unspecified atom stereocenters. The van der Waals surface area contributed by atoms with Gasteiger partial charge in [-0.1, -0.05) is 12.1 Å². The molecule has 0 saturated carbocycles. The van der Waals surface area contributed by atoms with Gasteiger partial charge in [0.05, 0.1) is 32.9 Å². The molecule has 0 bridgehead atoms. The van der Waals surface area contributed by atoms with E-state index in [0.29, 0.717) is 33.3 Å². The molecule has 1 amide bonds. The molecule has 4 aromatic rings. The van der Waals surface area contributed by atoms with Crippen LogP contribution in [0.25, 0.3) is 16.8 Å². The molecule has 0 atom stereocenters. The number of pyridine rings is 1. The van der Waals surface area contributed by atoms with Gasteiger partial charge in [0.2, 0.25) is 5.91 Å². The molecule has 0 aliphatic rings. The lowest BCUT2D eigenvalue weighted by atomic mass is 10.0. The molecule has 8 nitrogen and oxygen atoms in total. The fourth-order valence-electron chi connectivity index (χ4n) is 3.48. The Labute approximate surface area is 194 Å². The number of methoxy groups -OCH3 is 2. The van der Waals surface area contributed by atoms with E-state index in [2.05, 4.69) is 10.3 Å². The van der Waals surface area contributed by atoms with Gasteiger partial charge in [0.15, 0.2) is 11.5 Å². The highest BCUT2D eigenvalue weighted by atomic mass is 32.1. The van der Waals surface area contributed by atoms with E-state index in [9.17, 15) is 9.59 Å². The second-order valence-electron chi connectivity index (χ2n) is 7.07. The number of thiophene rings is 1.